The average molecular weight is 349 g/mol. The predicted octanol–water partition coefficient (Wildman–Crippen LogP) is 3.28. The molecule has 0 bridgehead atoms. The summed E-state index contributed by atoms with van der Waals surface area (Å²) in [6.45, 7) is 0. The molecule has 0 aliphatic rings. The minimum absolute atomic E-state index is 0.000464. The highest BCUT2D eigenvalue weighted by Crippen LogP contribution is 2.28. The second-order valence-corrected chi connectivity index (χ2v) is 5.30. The molecule has 5 nitrogen and oxygen atoms in total. The van der Waals surface area contributed by atoms with E-state index in [9.17, 15) is 18.0 Å². The lowest BCUT2D eigenvalue weighted by Gasteiger charge is -2.09. The van der Waals surface area contributed by atoms with Crippen LogP contribution in [0, 0.1) is 17.5 Å². The molecule has 0 unspecified atom stereocenters. The Labute approximate surface area is 140 Å². The first-order valence-corrected chi connectivity index (χ1v) is 7.32. The number of amides is 1. The molecule has 0 radical (unpaired) electrons. The predicted molar refractivity (Wildman–Crippen MR) is 86.6 cm³/mol. The fraction of sp³-hybridized carbons (Fsp3) is 0.118. The number of aromatic nitrogens is 1. The van der Waals surface area contributed by atoms with E-state index in [4.69, 9.17) is 4.74 Å². The van der Waals surface area contributed by atoms with Gasteiger partial charge in [0.25, 0.3) is 0 Å². The van der Waals surface area contributed by atoms with Crippen molar-refractivity contribution in [3.63, 3.8) is 0 Å². The highest BCUT2D eigenvalue weighted by molar-refractivity contribution is 5.93. The Balaban J connectivity index is 1.71. The summed E-state index contributed by atoms with van der Waals surface area (Å²) in [5, 5.41) is 0.777. The van der Waals surface area contributed by atoms with Gasteiger partial charge in [0.15, 0.2) is 17.5 Å². The second kappa shape index (κ2) is 6.76. The number of carbonyl (C=O) groups is 1. The number of ether oxygens (including phenoxy) is 1. The maximum atomic E-state index is 13.1. The van der Waals surface area contributed by atoms with Crippen LogP contribution in [0.15, 0.2) is 36.5 Å². The molecule has 0 aliphatic carbocycles. The molecule has 1 aromatic heterocycles. The molecule has 3 aromatic rings. The summed E-state index contributed by atoms with van der Waals surface area (Å²) in [7, 11) is 1.53. The van der Waals surface area contributed by atoms with E-state index in [0.717, 1.165) is 23.0 Å². The van der Waals surface area contributed by atoms with Crippen LogP contribution in [0.1, 0.15) is 5.56 Å². The molecule has 0 aliphatic heterocycles. The van der Waals surface area contributed by atoms with Crippen molar-refractivity contribution in [1.82, 2.24) is 10.4 Å². The summed E-state index contributed by atoms with van der Waals surface area (Å²) < 4.78 is 44.5. The third-order valence-electron chi connectivity index (χ3n) is 3.65. The van der Waals surface area contributed by atoms with Crippen LogP contribution < -0.4 is 15.6 Å². The number of hydrazine groups is 1. The summed E-state index contributed by atoms with van der Waals surface area (Å²) in [6.07, 6.45) is 1.68. The normalized spacial score (nSPS) is 10.7. The number of methoxy groups -OCH3 is 1. The van der Waals surface area contributed by atoms with E-state index in [1.54, 1.807) is 12.3 Å². The molecule has 0 atom stereocenters. The molecule has 1 amide bonds. The summed E-state index contributed by atoms with van der Waals surface area (Å²) in [5.74, 6) is -4.09. The van der Waals surface area contributed by atoms with Gasteiger partial charge in [-0.25, -0.2) is 13.2 Å². The third kappa shape index (κ3) is 3.37. The average Bonchev–Trinajstić information content (AvgIpc) is 3.00. The Bertz CT molecular complexity index is 917. The molecule has 2 aromatic carbocycles. The molecule has 1 heterocycles. The number of nitrogens with one attached hydrogen (secondary N) is 3. The molecule has 0 saturated heterocycles. The van der Waals surface area contributed by atoms with Gasteiger partial charge in [0, 0.05) is 29.2 Å². The molecule has 0 saturated carbocycles. The van der Waals surface area contributed by atoms with Gasteiger partial charge < -0.3 is 9.72 Å². The Morgan fingerprint density at radius 3 is 2.60 bits per heavy atom. The Morgan fingerprint density at radius 2 is 1.92 bits per heavy atom. The number of hydrogen-bond donors (Lipinski definition) is 3. The van der Waals surface area contributed by atoms with E-state index < -0.39 is 23.4 Å². The van der Waals surface area contributed by atoms with Crippen molar-refractivity contribution in [2.45, 2.75) is 6.42 Å². The van der Waals surface area contributed by atoms with E-state index in [0.29, 0.717) is 11.3 Å². The number of benzene rings is 2. The Kier molecular flexibility index (Phi) is 4.51. The number of hydrogen-bond acceptors (Lipinski definition) is 3. The first kappa shape index (κ1) is 16.7. The van der Waals surface area contributed by atoms with Crippen molar-refractivity contribution < 1.29 is 22.7 Å². The lowest BCUT2D eigenvalue weighted by Crippen LogP contribution is -2.30. The van der Waals surface area contributed by atoms with E-state index in [-0.39, 0.29) is 12.1 Å². The van der Waals surface area contributed by atoms with Gasteiger partial charge in [-0.3, -0.25) is 15.6 Å². The number of halogens is 3. The zero-order valence-corrected chi connectivity index (χ0v) is 13.1. The van der Waals surface area contributed by atoms with Crippen LogP contribution in [0.3, 0.4) is 0 Å². The lowest BCUT2D eigenvalue weighted by atomic mass is 10.1. The van der Waals surface area contributed by atoms with Crippen molar-refractivity contribution in [2.24, 2.45) is 0 Å². The molecule has 3 N–H and O–H groups in total. The molecule has 3 rings (SSSR count). The fourth-order valence-electron chi connectivity index (χ4n) is 2.52. The number of anilines is 1. The maximum Gasteiger partial charge on any atom is 0.242 e. The summed E-state index contributed by atoms with van der Waals surface area (Å²) in [4.78, 5) is 15.1. The van der Waals surface area contributed by atoms with Crippen LogP contribution >= 0.6 is 0 Å². The zero-order valence-electron chi connectivity index (χ0n) is 13.1. The first-order chi connectivity index (χ1) is 12.0. The van der Waals surface area contributed by atoms with Gasteiger partial charge >= 0.3 is 0 Å². The first-order valence-electron chi connectivity index (χ1n) is 7.32. The van der Waals surface area contributed by atoms with Gasteiger partial charge in [-0.2, -0.15) is 0 Å². The molecule has 0 fully saturated rings. The quantitative estimate of drug-likeness (QED) is 0.489. The minimum Gasteiger partial charge on any atom is -0.496 e. The topological polar surface area (TPSA) is 66.2 Å². The molecule has 8 heteroatoms. The van der Waals surface area contributed by atoms with Gasteiger partial charge in [-0.05, 0) is 17.7 Å². The molecule has 25 heavy (non-hydrogen) atoms. The van der Waals surface area contributed by atoms with Gasteiger partial charge in [-0.1, -0.05) is 6.07 Å². The Hall–Kier alpha value is -3.16. The highest BCUT2D eigenvalue weighted by atomic mass is 19.2. The van der Waals surface area contributed by atoms with E-state index in [2.05, 4.69) is 15.8 Å². The number of H-pyrrole nitrogens is 1. The monoisotopic (exact) mass is 349 g/mol. The van der Waals surface area contributed by atoms with Crippen molar-refractivity contribution in [3.8, 4) is 5.75 Å². The van der Waals surface area contributed by atoms with Gasteiger partial charge in [0.05, 0.1) is 19.2 Å². The van der Waals surface area contributed by atoms with E-state index in [1.807, 2.05) is 12.1 Å². The lowest BCUT2D eigenvalue weighted by molar-refractivity contribution is -0.119. The van der Waals surface area contributed by atoms with Gasteiger partial charge in [0.2, 0.25) is 5.91 Å². The van der Waals surface area contributed by atoms with Crippen molar-refractivity contribution in [3.05, 3.63) is 59.5 Å². The van der Waals surface area contributed by atoms with Crippen LogP contribution in [0.25, 0.3) is 10.9 Å². The van der Waals surface area contributed by atoms with Crippen molar-refractivity contribution in [2.75, 3.05) is 12.5 Å². The van der Waals surface area contributed by atoms with Crippen LogP contribution in [-0.4, -0.2) is 18.0 Å². The van der Waals surface area contributed by atoms with Gasteiger partial charge in [-0.15, -0.1) is 0 Å². The zero-order chi connectivity index (χ0) is 18.0. The smallest absolute Gasteiger partial charge is 0.242 e. The second-order valence-electron chi connectivity index (χ2n) is 5.30. The summed E-state index contributed by atoms with van der Waals surface area (Å²) >= 11 is 0. The third-order valence-corrected chi connectivity index (χ3v) is 3.65. The van der Waals surface area contributed by atoms with Crippen LogP contribution in [0.4, 0.5) is 18.9 Å². The molecular formula is C17H14F3N3O2. The van der Waals surface area contributed by atoms with Crippen molar-refractivity contribution >= 4 is 22.5 Å². The van der Waals surface area contributed by atoms with Crippen LogP contribution in [-0.2, 0) is 11.2 Å². The van der Waals surface area contributed by atoms with E-state index >= 15 is 0 Å². The minimum atomic E-state index is -1.57. The fourth-order valence-corrected chi connectivity index (χ4v) is 2.52. The highest BCUT2D eigenvalue weighted by Gasteiger charge is 2.14. The van der Waals surface area contributed by atoms with E-state index in [1.165, 1.54) is 7.11 Å². The number of fused-ring (bicyclic) bond motifs is 1. The van der Waals surface area contributed by atoms with Crippen LogP contribution in [0.5, 0.6) is 5.75 Å². The number of aromatic amines is 1. The Morgan fingerprint density at radius 1 is 1.20 bits per heavy atom. The van der Waals surface area contributed by atoms with Crippen molar-refractivity contribution in [1.29, 1.82) is 0 Å². The molecular weight excluding hydrogens is 335 g/mol. The largest absolute Gasteiger partial charge is 0.496 e. The summed E-state index contributed by atoms with van der Waals surface area (Å²) in [5.41, 5.74) is 6.07. The standard InChI is InChI=1S/C17H14F3N3O2/c1-25-14-4-2-3-13-16(14)9(8-21-13)5-15(24)23-22-10-6-11(18)17(20)12(19)7-10/h2-4,6-8,21-22H,5H2,1H3,(H,23,24). The molecule has 0 spiro atoms. The SMILES string of the molecule is COc1cccc2[nH]cc(CC(=O)NNc3cc(F)c(F)c(F)c3)c12. The van der Waals surface area contributed by atoms with Gasteiger partial charge in [0.1, 0.15) is 5.75 Å². The summed E-state index contributed by atoms with van der Waals surface area (Å²) in [6, 6.07) is 6.93. The number of rotatable bonds is 5. The molecule has 130 valence electrons. The maximum absolute atomic E-state index is 13.1. The van der Waals surface area contributed by atoms with Crippen LogP contribution in [0.2, 0.25) is 0 Å². The number of carbonyl (C=O) groups excluding carboxylic acids is 1.